The number of anilines is 1. The van der Waals surface area contributed by atoms with Gasteiger partial charge in [-0.2, -0.15) is 0 Å². The molecule has 0 fully saturated rings. The van der Waals surface area contributed by atoms with Gasteiger partial charge in [-0.1, -0.05) is 0 Å². The Morgan fingerprint density at radius 3 is 2.71 bits per heavy atom. The van der Waals surface area contributed by atoms with Crippen LogP contribution in [-0.2, 0) is 4.74 Å². The largest absolute Gasteiger partial charge is 0.465 e. The summed E-state index contributed by atoms with van der Waals surface area (Å²) in [7, 11) is 1.35. The van der Waals surface area contributed by atoms with Gasteiger partial charge >= 0.3 is 5.97 Å². The van der Waals surface area contributed by atoms with Gasteiger partial charge in [0, 0.05) is 0 Å². The van der Waals surface area contributed by atoms with Crippen LogP contribution >= 0.6 is 11.8 Å². The Hall–Kier alpha value is -1.26. The number of carbonyl (C=O) groups is 1. The van der Waals surface area contributed by atoms with E-state index in [4.69, 9.17) is 11.8 Å². The molecule has 0 radical (unpaired) electrons. The number of hydrazine groups is 1. The molecular weight excluding hydrogens is 204 g/mol. The van der Waals surface area contributed by atoms with E-state index in [2.05, 4.69) is 15.1 Å². The maximum absolute atomic E-state index is 11.2. The third-order valence-electron chi connectivity index (χ3n) is 1.83. The van der Waals surface area contributed by atoms with Crippen LogP contribution in [0.4, 0.5) is 5.69 Å². The highest BCUT2D eigenvalue weighted by Crippen LogP contribution is 2.16. The number of rotatable bonds is 3. The van der Waals surface area contributed by atoms with Crippen molar-refractivity contribution in [1.29, 1.82) is 0 Å². The van der Waals surface area contributed by atoms with Gasteiger partial charge in [0.05, 0.1) is 18.4 Å². The molecule has 0 saturated carbocycles. The minimum atomic E-state index is -0.349. The smallest absolute Gasteiger partial charge is 0.337 e. The molecule has 0 aliphatic carbocycles. The number of hydrogen-bond acceptors (Lipinski definition) is 4. The van der Waals surface area contributed by atoms with Crippen LogP contribution < -0.4 is 10.4 Å². The molecule has 0 bridgehead atoms. The van der Waals surface area contributed by atoms with Crippen LogP contribution in [0.5, 0.6) is 0 Å². The SMILES string of the molecule is COC(=O)c1ccc(NNCl)c(C)c1. The first-order valence-electron chi connectivity index (χ1n) is 3.99. The summed E-state index contributed by atoms with van der Waals surface area (Å²) in [6.07, 6.45) is 0. The van der Waals surface area contributed by atoms with Crippen molar-refractivity contribution in [3.63, 3.8) is 0 Å². The fourth-order valence-corrected chi connectivity index (χ4v) is 1.20. The van der Waals surface area contributed by atoms with E-state index in [9.17, 15) is 4.79 Å². The molecule has 0 heterocycles. The molecule has 0 aliphatic rings. The van der Waals surface area contributed by atoms with Crippen molar-refractivity contribution in [2.75, 3.05) is 12.5 Å². The molecule has 4 nitrogen and oxygen atoms in total. The summed E-state index contributed by atoms with van der Waals surface area (Å²) in [5, 5.41) is 0. The van der Waals surface area contributed by atoms with Crippen LogP contribution in [-0.4, -0.2) is 13.1 Å². The van der Waals surface area contributed by atoms with Gasteiger partial charge in [-0.3, -0.25) is 0 Å². The molecule has 0 atom stereocenters. The lowest BCUT2D eigenvalue weighted by atomic mass is 10.1. The predicted octanol–water partition coefficient (Wildman–Crippen LogP) is 1.85. The van der Waals surface area contributed by atoms with Gasteiger partial charge in [0.15, 0.2) is 0 Å². The molecule has 0 saturated heterocycles. The van der Waals surface area contributed by atoms with Crippen molar-refractivity contribution >= 4 is 23.4 Å². The maximum atomic E-state index is 11.2. The summed E-state index contributed by atoms with van der Waals surface area (Å²) in [5.74, 6) is -0.349. The second-order valence-corrected chi connectivity index (χ2v) is 2.93. The van der Waals surface area contributed by atoms with Crippen LogP contribution in [0.1, 0.15) is 15.9 Å². The number of carbonyl (C=O) groups excluding carboxylic acids is 1. The third-order valence-corrected chi connectivity index (χ3v) is 1.92. The van der Waals surface area contributed by atoms with E-state index in [1.807, 2.05) is 6.92 Å². The van der Waals surface area contributed by atoms with Gasteiger partial charge in [-0.25, -0.2) is 4.79 Å². The minimum absolute atomic E-state index is 0.349. The zero-order valence-electron chi connectivity index (χ0n) is 7.93. The van der Waals surface area contributed by atoms with Gasteiger partial charge in [0.2, 0.25) is 0 Å². The van der Waals surface area contributed by atoms with Gasteiger partial charge < -0.3 is 10.2 Å². The molecule has 0 aromatic heterocycles. The number of ether oxygens (including phenoxy) is 1. The first kappa shape index (κ1) is 10.8. The lowest BCUT2D eigenvalue weighted by molar-refractivity contribution is 0.0600. The second-order valence-electron chi connectivity index (χ2n) is 2.74. The van der Waals surface area contributed by atoms with Crippen LogP contribution in [0.15, 0.2) is 18.2 Å². The number of methoxy groups -OCH3 is 1. The topological polar surface area (TPSA) is 50.4 Å². The van der Waals surface area contributed by atoms with Gasteiger partial charge in [0.25, 0.3) is 0 Å². The zero-order valence-corrected chi connectivity index (χ0v) is 8.68. The second kappa shape index (κ2) is 4.83. The molecule has 0 unspecified atom stereocenters. The number of nitrogens with one attached hydrogen (secondary N) is 2. The normalized spacial score (nSPS) is 9.64. The van der Waals surface area contributed by atoms with Crippen LogP contribution in [0.25, 0.3) is 0 Å². The fraction of sp³-hybridized carbons (Fsp3) is 0.222. The van der Waals surface area contributed by atoms with Gasteiger partial charge in [0.1, 0.15) is 0 Å². The molecule has 0 amide bonds. The molecular formula is C9H11ClN2O2. The van der Waals surface area contributed by atoms with Crippen molar-refractivity contribution in [2.24, 2.45) is 0 Å². The van der Waals surface area contributed by atoms with Crippen molar-refractivity contribution in [3.05, 3.63) is 29.3 Å². The molecule has 5 heteroatoms. The lowest BCUT2D eigenvalue weighted by Crippen LogP contribution is -2.10. The first-order valence-corrected chi connectivity index (χ1v) is 4.37. The number of aryl methyl sites for hydroxylation is 1. The number of hydrogen-bond donors (Lipinski definition) is 2. The van der Waals surface area contributed by atoms with Crippen molar-refractivity contribution < 1.29 is 9.53 Å². The first-order chi connectivity index (χ1) is 6.69. The Bertz CT molecular complexity index is 342. The van der Waals surface area contributed by atoms with E-state index in [1.165, 1.54) is 7.11 Å². The standard InChI is InChI=1S/C9H11ClN2O2/c1-6-5-7(9(13)14-2)3-4-8(6)11-12-10/h3-5,11-12H,1-2H3. The minimum Gasteiger partial charge on any atom is -0.465 e. The Morgan fingerprint density at radius 2 is 2.21 bits per heavy atom. The van der Waals surface area contributed by atoms with Crippen molar-refractivity contribution in [2.45, 2.75) is 6.92 Å². The van der Waals surface area contributed by atoms with Crippen molar-refractivity contribution in [3.8, 4) is 0 Å². The number of esters is 1. The van der Waals surface area contributed by atoms with E-state index in [-0.39, 0.29) is 5.97 Å². The molecule has 76 valence electrons. The number of benzene rings is 1. The summed E-state index contributed by atoms with van der Waals surface area (Å²) in [6.45, 7) is 1.86. The predicted molar refractivity (Wildman–Crippen MR) is 55.1 cm³/mol. The summed E-state index contributed by atoms with van der Waals surface area (Å²) in [4.78, 5) is 13.4. The molecule has 0 spiro atoms. The Balaban J connectivity index is 2.94. The molecule has 2 N–H and O–H groups in total. The summed E-state index contributed by atoms with van der Waals surface area (Å²) < 4.78 is 4.59. The monoisotopic (exact) mass is 214 g/mol. The van der Waals surface area contributed by atoms with Crippen molar-refractivity contribution in [1.82, 2.24) is 4.94 Å². The molecule has 1 aromatic rings. The Kier molecular flexibility index (Phi) is 3.73. The average molecular weight is 215 g/mol. The zero-order chi connectivity index (χ0) is 10.6. The van der Waals surface area contributed by atoms with E-state index in [0.717, 1.165) is 11.3 Å². The highest BCUT2D eigenvalue weighted by molar-refractivity contribution is 6.14. The average Bonchev–Trinajstić information content (AvgIpc) is 2.20. The fourth-order valence-electron chi connectivity index (χ4n) is 1.10. The summed E-state index contributed by atoms with van der Waals surface area (Å²) in [6, 6.07) is 5.13. The van der Waals surface area contributed by atoms with Crippen LogP contribution in [0, 0.1) is 6.92 Å². The van der Waals surface area contributed by atoms with Crippen LogP contribution in [0.3, 0.4) is 0 Å². The van der Waals surface area contributed by atoms with Crippen LogP contribution in [0.2, 0.25) is 0 Å². The highest BCUT2D eigenvalue weighted by Gasteiger charge is 2.06. The van der Waals surface area contributed by atoms with E-state index >= 15 is 0 Å². The van der Waals surface area contributed by atoms with E-state index in [0.29, 0.717) is 5.56 Å². The summed E-state index contributed by atoms with van der Waals surface area (Å²) >= 11 is 5.28. The third kappa shape index (κ3) is 2.37. The Morgan fingerprint density at radius 1 is 1.50 bits per heavy atom. The Labute approximate surface area is 87.3 Å². The molecule has 14 heavy (non-hydrogen) atoms. The van der Waals surface area contributed by atoms with E-state index in [1.54, 1.807) is 18.2 Å². The molecule has 0 aliphatic heterocycles. The summed E-state index contributed by atoms with van der Waals surface area (Å²) in [5.41, 5.74) is 4.96. The molecule has 1 rings (SSSR count). The number of halogens is 1. The maximum Gasteiger partial charge on any atom is 0.337 e. The quantitative estimate of drug-likeness (QED) is 0.458. The molecule has 1 aromatic carbocycles. The van der Waals surface area contributed by atoms with Gasteiger partial charge in [-0.05, 0) is 42.5 Å². The van der Waals surface area contributed by atoms with Gasteiger partial charge in [-0.15, -0.1) is 4.94 Å². The highest BCUT2D eigenvalue weighted by atomic mass is 35.5. The van der Waals surface area contributed by atoms with E-state index < -0.39 is 0 Å². The lowest BCUT2D eigenvalue weighted by Gasteiger charge is -2.07.